The molecule has 0 N–H and O–H groups in total. The lowest BCUT2D eigenvalue weighted by Crippen LogP contribution is -2.25. The van der Waals surface area contributed by atoms with Gasteiger partial charge in [0.05, 0.1) is 0 Å². The van der Waals surface area contributed by atoms with Gasteiger partial charge in [-0.3, -0.25) is 0 Å². The first-order valence-corrected chi connectivity index (χ1v) is 8.52. The van der Waals surface area contributed by atoms with Gasteiger partial charge < -0.3 is 4.90 Å². The van der Waals surface area contributed by atoms with Crippen LogP contribution in [-0.2, 0) is 12.8 Å². The van der Waals surface area contributed by atoms with Crippen molar-refractivity contribution in [1.29, 1.82) is 0 Å². The van der Waals surface area contributed by atoms with Gasteiger partial charge in [0.15, 0.2) is 0 Å². The molecule has 0 unspecified atom stereocenters. The van der Waals surface area contributed by atoms with Crippen molar-refractivity contribution in [3.8, 4) is 0 Å². The topological polar surface area (TPSA) is 3.24 Å². The van der Waals surface area contributed by atoms with E-state index in [-0.39, 0.29) is 0 Å². The second kappa shape index (κ2) is 8.58. The minimum Gasteiger partial charge on any atom is -0.306 e. The Balaban J connectivity index is 2.33. The summed E-state index contributed by atoms with van der Waals surface area (Å²) >= 11 is 0. The van der Waals surface area contributed by atoms with E-state index < -0.39 is 0 Å². The van der Waals surface area contributed by atoms with Gasteiger partial charge >= 0.3 is 0 Å². The molecule has 0 fully saturated rings. The van der Waals surface area contributed by atoms with Gasteiger partial charge in [-0.05, 0) is 55.2 Å². The fourth-order valence-corrected chi connectivity index (χ4v) is 2.73. The van der Waals surface area contributed by atoms with Gasteiger partial charge in [-0.2, -0.15) is 0 Å². The standard InChI is InChI=1S/C20H35N/c1-17(2)16-21(6)15-13-19-11-9-18(10-12-19)8-7-14-20(3,4)5/h9-12,17H,7-8,13-16H2,1-6H3. The molecule has 0 aromatic heterocycles. The molecule has 0 saturated heterocycles. The Morgan fingerprint density at radius 3 is 1.95 bits per heavy atom. The second-order valence-corrected chi connectivity index (χ2v) is 8.14. The molecule has 0 amide bonds. The number of rotatable bonds is 8. The van der Waals surface area contributed by atoms with E-state index in [0.29, 0.717) is 5.41 Å². The zero-order valence-corrected chi connectivity index (χ0v) is 15.1. The molecule has 1 nitrogen and oxygen atoms in total. The zero-order valence-electron chi connectivity index (χ0n) is 15.1. The highest BCUT2D eigenvalue weighted by Gasteiger charge is 2.09. The lowest BCUT2D eigenvalue weighted by Gasteiger charge is -2.19. The first-order chi connectivity index (χ1) is 9.76. The van der Waals surface area contributed by atoms with Crippen LogP contribution in [0.4, 0.5) is 0 Å². The Hall–Kier alpha value is -0.820. The summed E-state index contributed by atoms with van der Waals surface area (Å²) in [7, 11) is 2.22. The van der Waals surface area contributed by atoms with E-state index in [4.69, 9.17) is 0 Å². The lowest BCUT2D eigenvalue weighted by molar-refractivity contribution is 0.299. The van der Waals surface area contributed by atoms with E-state index >= 15 is 0 Å². The molecule has 120 valence electrons. The summed E-state index contributed by atoms with van der Waals surface area (Å²) in [5.41, 5.74) is 3.41. The maximum absolute atomic E-state index is 2.43. The van der Waals surface area contributed by atoms with Crippen molar-refractivity contribution in [3.05, 3.63) is 35.4 Å². The molecule has 1 heteroatoms. The van der Waals surface area contributed by atoms with Gasteiger partial charge in [-0.1, -0.05) is 58.9 Å². The van der Waals surface area contributed by atoms with Gasteiger partial charge in [-0.25, -0.2) is 0 Å². The molecule has 21 heavy (non-hydrogen) atoms. The molecule has 1 aromatic rings. The van der Waals surface area contributed by atoms with Gasteiger partial charge in [-0.15, -0.1) is 0 Å². The predicted octanol–water partition coefficient (Wildman–Crippen LogP) is 5.19. The van der Waals surface area contributed by atoms with Crippen LogP contribution in [0.2, 0.25) is 0 Å². The molecule has 0 bridgehead atoms. The number of aryl methyl sites for hydroxylation is 1. The molecular weight excluding hydrogens is 254 g/mol. The third-order valence-electron chi connectivity index (χ3n) is 3.87. The van der Waals surface area contributed by atoms with Crippen LogP contribution in [0.25, 0.3) is 0 Å². The van der Waals surface area contributed by atoms with E-state index in [9.17, 15) is 0 Å². The van der Waals surface area contributed by atoms with Crippen LogP contribution >= 0.6 is 0 Å². The Morgan fingerprint density at radius 1 is 0.952 bits per heavy atom. The molecule has 0 heterocycles. The molecule has 0 aliphatic rings. The number of likely N-dealkylation sites (N-methyl/N-ethyl adjacent to an activating group) is 1. The highest BCUT2D eigenvalue weighted by atomic mass is 15.1. The van der Waals surface area contributed by atoms with Crippen molar-refractivity contribution < 1.29 is 0 Å². The lowest BCUT2D eigenvalue weighted by atomic mass is 9.89. The summed E-state index contributed by atoms with van der Waals surface area (Å²) in [4.78, 5) is 2.43. The van der Waals surface area contributed by atoms with E-state index in [2.05, 4.69) is 70.8 Å². The fourth-order valence-electron chi connectivity index (χ4n) is 2.73. The molecular formula is C20H35N. The van der Waals surface area contributed by atoms with Gasteiger partial charge in [0.1, 0.15) is 0 Å². The monoisotopic (exact) mass is 289 g/mol. The van der Waals surface area contributed by atoms with Crippen molar-refractivity contribution >= 4 is 0 Å². The van der Waals surface area contributed by atoms with E-state index in [1.807, 2.05) is 0 Å². The molecule has 0 radical (unpaired) electrons. The largest absolute Gasteiger partial charge is 0.306 e. The molecule has 0 atom stereocenters. The third kappa shape index (κ3) is 8.93. The number of nitrogens with zero attached hydrogens (tertiary/aromatic N) is 1. The second-order valence-electron chi connectivity index (χ2n) is 8.14. The maximum atomic E-state index is 2.43. The Bertz CT molecular complexity index is 383. The average Bonchev–Trinajstić information content (AvgIpc) is 2.35. The Kier molecular flexibility index (Phi) is 7.45. The van der Waals surface area contributed by atoms with Crippen molar-refractivity contribution in [1.82, 2.24) is 4.90 Å². The van der Waals surface area contributed by atoms with Crippen LogP contribution in [0.3, 0.4) is 0 Å². The summed E-state index contributed by atoms with van der Waals surface area (Å²) in [6.45, 7) is 13.9. The number of hydrogen-bond donors (Lipinski definition) is 0. The van der Waals surface area contributed by atoms with E-state index in [1.165, 1.54) is 36.9 Å². The van der Waals surface area contributed by atoms with Crippen LogP contribution in [0.5, 0.6) is 0 Å². The van der Waals surface area contributed by atoms with Crippen LogP contribution in [0.15, 0.2) is 24.3 Å². The van der Waals surface area contributed by atoms with Crippen LogP contribution in [0, 0.1) is 11.3 Å². The van der Waals surface area contributed by atoms with E-state index in [0.717, 1.165) is 18.9 Å². The predicted molar refractivity (Wildman–Crippen MR) is 94.9 cm³/mol. The highest BCUT2D eigenvalue weighted by molar-refractivity contribution is 5.22. The Labute approximate surface area is 132 Å². The minimum absolute atomic E-state index is 0.459. The number of benzene rings is 1. The molecule has 0 aliphatic carbocycles. The van der Waals surface area contributed by atoms with Crippen molar-refractivity contribution in [2.75, 3.05) is 20.1 Å². The van der Waals surface area contributed by atoms with Crippen LogP contribution in [-0.4, -0.2) is 25.0 Å². The first-order valence-electron chi connectivity index (χ1n) is 8.52. The highest BCUT2D eigenvalue weighted by Crippen LogP contribution is 2.22. The minimum atomic E-state index is 0.459. The Morgan fingerprint density at radius 2 is 1.48 bits per heavy atom. The molecule has 0 saturated carbocycles. The third-order valence-corrected chi connectivity index (χ3v) is 3.87. The maximum Gasteiger partial charge on any atom is 0.00189 e. The summed E-state index contributed by atoms with van der Waals surface area (Å²) in [6.07, 6.45) is 4.96. The van der Waals surface area contributed by atoms with Crippen LogP contribution < -0.4 is 0 Å². The quantitative estimate of drug-likeness (QED) is 0.637. The van der Waals surface area contributed by atoms with E-state index in [1.54, 1.807) is 0 Å². The van der Waals surface area contributed by atoms with Crippen LogP contribution in [0.1, 0.15) is 58.6 Å². The normalized spacial score (nSPS) is 12.4. The summed E-state index contributed by atoms with van der Waals surface area (Å²) in [5, 5.41) is 0. The summed E-state index contributed by atoms with van der Waals surface area (Å²) in [6, 6.07) is 9.27. The molecule has 0 spiro atoms. The number of hydrogen-bond acceptors (Lipinski definition) is 1. The first kappa shape index (κ1) is 18.2. The van der Waals surface area contributed by atoms with Crippen molar-refractivity contribution in [2.45, 2.75) is 60.3 Å². The summed E-state index contributed by atoms with van der Waals surface area (Å²) < 4.78 is 0. The molecule has 0 aliphatic heterocycles. The smallest absolute Gasteiger partial charge is 0.00189 e. The molecule has 1 rings (SSSR count). The SMILES string of the molecule is CC(C)CN(C)CCc1ccc(CCCC(C)(C)C)cc1. The fraction of sp³-hybridized carbons (Fsp3) is 0.700. The molecule has 1 aromatic carbocycles. The van der Waals surface area contributed by atoms with Gasteiger partial charge in [0.2, 0.25) is 0 Å². The van der Waals surface area contributed by atoms with Gasteiger partial charge in [0.25, 0.3) is 0 Å². The van der Waals surface area contributed by atoms with Crippen molar-refractivity contribution in [2.24, 2.45) is 11.3 Å². The zero-order chi connectivity index (χ0) is 15.9. The summed E-state index contributed by atoms with van der Waals surface area (Å²) in [5.74, 6) is 0.750. The average molecular weight is 290 g/mol. The van der Waals surface area contributed by atoms with Crippen molar-refractivity contribution in [3.63, 3.8) is 0 Å². The van der Waals surface area contributed by atoms with Gasteiger partial charge in [0, 0.05) is 13.1 Å².